The molecule has 2 rings (SSSR count). The van der Waals surface area contributed by atoms with Gasteiger partial charge in [-0.05, 0) is 12.3 Å². The fraction of sp³-hybridized carbons (Fsp3) is 0.667. The van der Waals surface area contributed by atoms with Crippen LogP contribution in [-0.2, 0) is 6.54 Å². The fourth-order valence-corrected chi connectivity index (χ4v) is 1.77. The molecule has 0 bridgehead atoms. The quantitative estimate of drug-likeness (QED) is 0.861. The molecule has 2 heterocycles. The SMILES string of the molecule is CCC(C)c1nc2c(cnn2CC(C)C)[nH]1. The minimum atomic E-state index is 0.486. The highest BCUT2D eigenvalue weighted by Gasteiger charge is 2.13. The lowest BCUT2D eigenvalue weighted by molar-refractivity contribution is 0.492. The summed E-state index contributed by atoms with van der Waals surface area (Å²) in [4.78, 5) is 7.99. The van der Waals surface area contributed by atoms with Crippen molar-refractivity contribution in [2.75, 3.05) is 0 Å². The molecule has 2 aromatic heterocycles. The largest absolute Gasteiger partial charge is 0.339 e. The summed E-state index contributed by atoms with van der Waals surface area (Å²) in [6, 6.07) is 0. The van der Waals surface area contributed by atoms with Gasteiger partial charge in [0, 0.05) is 12.5 Å². The van der Waals surface area contributed by atoms with Gasteiger partial charge in [-0.15, -0.1) is 0 Å². The number of nitrogens with one attached hydrogen (secondary N) is 1. The van der Waals surface area contributed by atoms with Crippen molar-refractivity contribution in [3.63, 3.8) is 0 Å². The highest BCUT2D eigenvalue weighted by molar-refractivity contribution is 5.70. The lowest BCUT2D eigenvalue weighted by Crippen LogP contribution is -2.06. The van der Waals surface area contributed by atoms with Crippen LogP contribution in [0.25, 0.3) is 11.2 Å². The van der Waals surface area contributed by atoms with Crippen molar-refractivity contribution in [3.05, 3.63) is 12.0 Å². The third-order valence-corrected chi connectivity index (χ3v) is 2.92. The van der Waals surface area contributed by atoms with Gasteiger partial charge in [0.25, 0.3) is 0 Å². The van der Waals surface area contributed by atoms with E-state index in [0.29, 0.717) is 11.8 Å². The van der Waals surface area contributed by atoms with E-state index in [1.165, 1.54) is 0 Å². The van der Waals surface area contributed by atoms with Crippen LogP contribution in [0.15, 0.2) is 6.20 Å². The minimum absolute atomic E-state index is 0.486. The third-order valence-electron chi connectivity index (χ3n) is 2.92. The van der Waals surface area contributed by atoms with E-state index >= 15 is 0 Å². The molecular weight excluding hydrogens is 200 g/mol. The number of hydrogen-bond acceptors (Lipinski definition) is 2. The molecule has 0 aliphatic heterocycles. The zero-order valence-corrected chi connectivity index (χ0v) is 10.5. The monoisotopic (exact) mass is 220 g/mol. The molecule has 0 saturated heterocycles. The van der Waals surface area contributed by atoms with Gasteiger partial charge in [0.2, 0.25) is 0 Å². The second-order valence-corrected chi connectivity index (χ2v) is 4.89. The van der Waals surface area contributed by atoms with E-state index in [9.17, 15) is 0 Å². The number of aromatic nitrogens is 4. The van der Waals surface area contributed by atoms with Crippen LogP contribution in [0.1, 0.15) is 45.9 Å². The van der Waals surface area contributed by atoms with Gasteiger partial charge in [-0.3, -0.25) is 0 Å². The zero-order valence-electron chi connectivity index (χ0n) is 10.5. The summed E-state index contributed by atoms with van der Waals surface area (Å²) >= 11 is 0. The Kier molecular flexibility index (Phi) is 2.99. The Labute approximate surface area is 96.1 Å². The molecule has 16 heavy (non-hydrogen) atoms. The molecule has 88 valence electrons. The topological polar surface area (TPSA) is 46.5 Å². The molecular formula is C12H20N4. The Morgan fingerprint density at radius 3 is 2.75 bits per heavy atom. The molecule has 4 heteroatoms. The van der Waals surface area contributed by atoms with Crippen molar-refractivity contribution in [2.45, 2.75) is 46.6 Å². The first-order valence-electron chi connectivity index (χ1n) is 6.03. The molecule has 0 saturated carbocycles. The van der Waals surface area contributed by atoms with E-state index in [1.807, 2.05) is 10.9 Å². The molecule has 1 N–H and O–H groups in total. The van der Waals surface area contributed by atoms with E-state index in [0.717, 1.165) is 30.0 Å². The van der Waals surface area contributed by atoms with Crippen molar-refractivity contribution >= 4 is 11.2 Å². The van der Waals surface area contributed by atoms with Gasteiger partial charge in [0.1, 0.15) is 11.3 Å². The number of imidazole rings is 1. The summed E-state index contributed by atoms with van der Waals surface area (Å²) in [7, 11) is 0. The van der Waals surface area contributed by atoms with Crippen LogP contribution < -0.4 is 0 Å². The predicted molar refractivity (Wildman–Crippen MR) is 65.4 cm³/mol. The number of H-pyrrole nitrogens is 1. The Morgan fingerprint density at radius 2 is 2.12 bits per heavy atom. The van der Waals surface area contributed by atoms with Crippen molar-refractivity contribution in [2.24, 2.45) is 5.92 Å². The molecule has 4 nitrogen and oxygen atoms in total. The summed E-state index contributed by atoms with van der Waals surface area (Å²) in [5.41, 5.74) is 2.04. The standard InChI is InChI=1S/C12H20N4/c1-5-9(4)11-14-10-6-13-16(7-8(2)3)12(10)15-11/h6,8-9H,5,7H2,1-4H3,(H,14,15). The highest BCUT2D eigenvalue weighted by atomic mass is 15.3. The summed E-state index contributed by atoms with van der Waals surface area (Å²) < 4.78 is 1.99. The molecule has 0 fully saturated rings. The lowest BCUT2D eigenvalue weighted by Gasteiger charge is -2.05. The number of fused-ring (bicyclic) bond motifs is 1. The highest BCUT2D eigenvalue weighted by Crippen LogP contribution is 2.19. The maximum absolute atomic E-state index is 4.64. The molecule has 0 amide bonds. The van der Waals surface area contributed by atoms with E-state index in [-0.39, 0.29) is 0 Å². The second-order valence-electron chi connectivity index (χ2n) is 4.89. The van der Waals surface area contributed by atoms with Gasteiger partial charge >= 0.3 is 0 Å². The first-order valence-corrected chi connectivity index (χ1v) is 6.03. The maximum Gasteiger partial charge on any atom is 0.176 e. The van der Waals surface area contributed by atoms with Crippen molar-refractivity contribution in [1.29, 1.82) is 0 Å². The van der Waals surface area contributed by atoms with Gasteiger partial charge in [-0.1, -0.05) is 27.7 Å². The van der Waals surface area contributed by atoms with Crippen LogP contribution in [0, 0.1) is 5.92 Å². The van der Waals surface area contributed by atoms with Crippen LogP contribution in [0.3, 0.4) is 0 Å². The molecule has 1 unspecified atom stereocenters. The average molecular weight is 220 g/mol. The molecule has 0 aliphatic carbocycles. The van der Waals surface area contributed by atoms with Crippen LogP contribution >= 0.6 is 0 Å². The summed E-state index contributed by atoms with van der Waals surface area (Å²) in [6.07, 6.45) is 2.98. The smallest absolute Gasteiger partial charge is 0.176 e. The number of aromatic amines is 1. The Balaban J connectivity index is 2.35. The lowest BCUT2D eigenvalue weighted by atomic mass is 10.1. The molecule has 0 radical (unpaired) electrons. The first-order chi connectivity index (χ1) is 7.61. The number of nitrogens with zero attached hydrogens (tertiary/aromatic N) is 3. The summed E-state index contributed by atoms with van der Waals surface area (Å²) in [6.45, 7) is 9.68. The molecule has 0 spiro atoms. The summed E-state index contributed by atoms with van der Waals surface area (Å²) in [5.74, 6) is 2.15. The Hall–Kier alpha value is -1.32. The number of rotatable bonds is 4. The van der Waals surface area contributed by atoms with Crippen LogP contribution in [0.5, 0.6) is 0 Å². The first kappa shape index (κ1) is 11.2. The fourth-order valence-electron chi connectivity index (χ4n) is 1.77. The molecule has 0 aliphatic rings. The van der Waals surface area contributed by atoms with E-state index in [2.05, 4.69) is 42.8 Å². The normalized spacial score (nSPS) is 13.8. The van der Waals surface area contributed by atoms with Gasteiger partial charge < -0.3 is 4.98 Å². The van der Waals surface area contributed by atoms with E-state index in [1.54, 1.807) is 0 Å². The van der Waals surface area contributed by atoms with Gasteiger partial charge in [-0.2, -0.15) is 5.10 Å². The van der Waals surface area contributed by atoms with Crippen LogP contribution in [-0.4, -0.2) is 19.7 Å². The van der Waals surface area contributed by atoms with Gasteiger partial charge in [-0.25, -0.2) is 9.67 Å². The molecule has 0 aromatic carbocycles. The van der Waals surface area contributed by atoms with Crippen LogP contribution in [0.2, 0.25) is 0 Å². The third kappa shape index (κ3) is 1.96. The molecule has 1 atom stereocenters. The Morgan fingerprint density at radius 1 is 1.38 bits per heavy atom. The number of hydrogen-bond donors (Lipinski definition) is 1. The molecule has 2 aromatic rings. The minimum Gasteiger partial charge on any atom is -0.339 e. The second kappa shape index (κ2) is 4.28. The van der Waals surface area contributed by atoms with E-state index < -0.39 is 0 Å². The summed E-state index contributed by atoms with van der Waals surface area (Å²) in [5, 5.41) is 4.34. The van der Waals surface area contributed by atoms with Gasteiger partial charge in [0.15, 0.2) is 5.65 Å². The van der Waals surface area contributed by atoms with Crippen LogP contribution in [0.4, 0.5) is 0 Å². The van der Waals surface area contributed by atoms with Gasteiger partial charge in [0.05, 0.1) is 6.20 Å². The zero-order chi connectivity index (χ0) is 11.7. The average Bonchev–Trinajstić information content (AvgIpc) is 2.78. The predicted octanol–water partition coefficient (Wildman–Crippen LogP) is 2.93. The van der Waals surface area contributed by atoms with E-state index in [4.69, 9.17) is 0 Å². The van der Waals surface area contributed by atoms with Crippen molar-refractivity contribution < 1.29 is 0 Å². The maximum atomic E-state index is 4.64. The van der Waals surface area contributed by atoms with Crippen molar-refractivity contribution in [1.82, 2.24) is 19.7 Å². The Bertz CT molecular complexity index is 466. The van der Waals surface area contributed by atoms with Crippen molar-refractivity contribution in [3.8, 4) is 0 Å².